The van der Waals surface area contributed by atoms with Gasteiger partial charge in [-0.05, 0) is 12.5 Å². The molecule has 1 aliphatic heterocycles. The van der Waals surface area contributed by atoms with Gasteiger partial charge in [0.2, 0.25) is 0 Å². The van der Waals surface area contributed by atoms with Gasteiger partial charge < -0.3 is 5.32 Å². The molecule has 37 valence electrons. The highest BCUT2D eigenvalue weighted by Gasteiger charge is 1.79. The largest absolute Gasteiger partial charge is 0.383 e. The smallest absolute Gasteiger partial charge is 0.0575 e. The molecule has 0 atom stereocenters. The maximum atomic E-state index is 2.98. The molecule has 0 bridgehead atoms. The summed E-state index contributed by atoms with van der Waals surface area (Å²) in [7, 11) is 0. The molecule has 0 aromatic rings. The first-order valence-corrected chi connectivity index (χ1v) is 2.47. The zero-order valence-electron chi connectivity index (χ0n) is 4.15. The quantitative estimate of drug-likeness (QED) is 0.469. The molecule has 1 aliphatic rings. The molecule has 0 spiro atoms. The molecule has 1 nitrogen and oxygen atoms in total. The van der Waals surface area contributed by atoms with Gasteiger partial charge in [0.1, 0.15) is 0 Å². The Morgan fingerprint density at radius 3 is 3.57 bits per heavy atom. The van der Waals surface area contributed by atoms with Crippen LogP contribution in [-0.2, 0) is 0 Å². The van der Waals surface area contributed by atoms with E-state index in [0.29, 0.717) is 0 Å². The van der Waals surface area contributed by atoms with Crippen LogP contribution in [0.1, 0.15) is 6.42 Å². The van der Waals surface area contributed by atoms with Crippen LogP contribution in [0.5, 0.6) is 0 Å². The van der Waals surface area contributed by atoms with E-state index in [4.69, 9.17) is 0 Å². The number of nitrogens with one attached hydrogen (secondary N) is 1. The fourth-order valence-electron chi connectivity index (χ4n) is 0.499. The van der Waals surface area contributed by atoms with Crippen molar-refractivity contribution in [1.82, 2.24) is 5.32 Å². The van der Waals surface area contributed by atoms with Gasteiger partial charge in [-0.25, -0.2) is 0 Å². The van der Waals surface area contributed by atoms with Gasteiger partial charge in [0.15, 0.2) is 0 Å². The third-order valence-electron chi connectivity index (χ3n) is 0.854. The molecule has 1 rings (SSSR count). The molecule has 0 saturated carbocycles. The highest BCUT2D eigenvalue weighted by Crippen LogP contribution is 1.84. The van der Waals surface area contributed by atoms with E-state index in [1.807, 2.05) is 12.2 Å². The van der Waals surface area contributed by atoms with E-state index in [-0.39, 0.29) is 0 Å². The molecule has 0 saturated heterocycles. The highest BCUT2D eigenvalue weighted by molar-refractivity contribution is 5.00. The summed E-state index contributed by atoms with van der Waals surface area (Å²) < 4.78 is 0. The lowest BCUT2D eigenvalue weighted by Crippen LogP contribution is -2.04. The lowest BCUT2D eigenvalue weighted by molar-refractivity contribution is 0.841. The van der Waals surface area contributed by atoms with Crippen LogP contribution in [0.2, 0.25) is 0 Å². The summed E-state index contributed by atoms with van der Waals surface area (Å²) in [5, 5.41) is 2.98. The molecule has 0 aromatic heterocycles. The Kier molecular flexibility index (Phi) is 1.56. The molecule has 1 heterocycles. The van der Waals surface area contributed by atoms with Crippen LogP contribution < -0.4 is 5.32 Å². The first kappa shape index (κ1) is 4.44. The SMILES string of the molecule is [C]1=CC=CCCN1. The van der Waals surface area contributed by atoms with E-state index in [9.17, 15) is 0 Å². The van der Waals surface area contributed by atoms with Crippen molar-refractivity contribution in [3.8, 4) is 0 Å². The predicted octanol–water partition coefficient (Wildman–Crippen LogP) is 0.853. The Hall–Kier alpha value is -0.720. The van der Waals surface area contributed by atoms with Crippen LogP contribution in [0.3, 0.4) is 0 Å². The average Bonchev–Trinajstić information content (AvgIpc) is 1.90. The van der Waals surface area contributed by atoms with Gasteiger partial charge in [-0.1, -0.05) is 12.2 Å². The summed E-state index contributed by atoms with van der Waals surface area (Å²) in [5.41, 5.74) is 0. The molecule has 0 fully saturated rings. The van der Waals surface area contributed by atoms with E-state index in [2.05, 4.69) is 17.6 Å². The van der Waals surface area contributed by atoms with E-state index in [1.54, 1.807) is 0 Å². The van der Waals surface area contributed by atoms with Crippen LogP contribution in [0.25, 0.3) is 0 Å². The van der Waals surface area contributed by atoms with Crippen molar-refractivity contribution in [3.63, 3.8) is 0 Å². The van der Waals surface area contributed by atoms with Crippen molar-refractivity contribution in [2.45, 2.75) is 6.42 Å². The third kappa shape index (κ3) is 1.44. The van der Waals surface area contributed by atoms with Gasteiger partial charge in [-0.3, -0.25) is 0 Å². The summed E-state index contributed by atoms with van der Waals surface area (Å²) in [4.78, 5) is 0. The van der Waals surface area contributed by atoms with Crippen LogP contribution in [0.15, 0.2) is 18.2 Å². The molecule has 1 radical (unpaired) electrons. The van der Waals surface area contributed by atoms with E-state index < -0.39 is 0 Å². The van der Waals surface area contributed by atoms with Crippen LogP contribution in [0.4, 0.5) is 0 Å². The maximum Gasteiger partial charge on any atom is 0.0575 e. The molecule has 1 heteroatoms. The van der Waals surface area contributed by atoms with Gasteiger partial charge in [0.25, 0.3) is 0 Å². The summed E-state index contributed by atoms with van der Waals surface area (Å²) in [6.45, 7) is 1.02. The predicted molar refractivity (Wildman–Crippen MR) is 29.6 cm³/mol. The Morgan fingerprint density at radius 2 is 2.57 bits per heavy atom. The number of hydrogen-bond acceptors (Lipinski definition) is 1. The molecule has 0 unspecified atom stereocenters. The minimum atomic E-state index is 1.02. The fourth-order valence-corrected chi connectivity index (χ4v) is 0.499. The molecule has 0 aromatic carbocycles. The van der Waals surface area contributed by atoms with Crippen molar-refractivity contribution >= 4 is 0 Å². The second kappa shape index (κ2) is 2.45. The minimum Gasteiger partial charge on any atom is -0.383 e. The monoisotopic (exact) mass is 94.1 g/mol. The fraction of sp³-hybridized carbons (Fsp3) is 0.333. The van der Waals surface area contributed by atoms with Gasteiger partial charge in [0, 0.05) is 6.54 Å². The Bertz CT molecular complexity index is 80.4. The highest BCUT2D eigenvalue weighted by atomic mass is 14.8. The standard InChI is InChI=1S/C6H8N/c1-2-4-6-7-5-3-1/h1-3,7H,4,6H2. The first-order chi connectivity index (χ1) is 3.50. The van der Waals surface area contributed by atoms with Crippen molar-refractivity contribution in [2.24, 2.45) is 0 Å². The first-order valence-electron chi connectivity index (χ1n) is 2.47. The second-order valence-corrected chi connectivity index (χ2v) is 1.45. The normalized spacial score (nSPS) is 18.3. The Balaban J connectivity index is 2.39. The molecular weight excluding hydrogens is 86.1 g/mol. The van der Waals surface area contributed by atoms with Crippen LogP contribution in [0, 0.1) is 6.20 Å². The molecule has 7 heavy (non-hydrogen) atoms. The number of rotatable bonds is 0. The number of allylic oxidation sites excluding steroid dienone is 2. The van der Waals surface area contributed by atoms with Crippen molar-refractivity contribution in [1.29, 1.82) is 0 Å². The zero-order valence-corrected chi connectivity index (χ0v) is 4.15. The molecular formula is C6H8N. The van der Waals surface area contributed by atoms with Gasteiger partial charge in [-0.2, -0.15) is 0 Å². The van der Waals surface area contributed by atoms with Crippen LogP contribution >= 0.6 is 0 Å². The third-order valence-corrected chi connectivity index (χ3v) is 0.854. The average molecular weight is 94.1 g/mol. The minimum absolute atomic E-state index is 1.02. The zero-order chi connectivity index (χ0) is 4.95. The Morgan fingerprint density at radius 1 is 1.57 bits per heavy atom. The van der Waals surface area contributed by atoms with Crippen LogP contribution in [-0.4, -0.2) is 6.54 Å². The van der Waals surface area contributed by atoms with Gasteiger partial charge in [-0.15, -0.1) is 0 Å². The Labute approximate surface area is 43.7 Å². The van der Waals surface area contributed by atoms with Gasteiger partial charge in [0.05, 0.1) is 6.20 Å². The van der Waals surface area contributed by atoms with Gasteiger partial charge >= 0.3 is 0 Å². The lowest BCUT2D eigenvalue weighted by atomic mass is 10.4. The summed E-state index contributed by atoms with van der Waals surface area (Å²) in [6, 6.07) is 0. The van der Waals surface area contributed by atoms with Crippen molar-refractivity contribution in [3.05, 3.63) is 24.4 Å². The van der Waals surface area contributed by atoms with Crippen molar-refractivity contribution in [2.75, 3.05) is 6.54 Å². The summed E-state index contributed by atoms with van der Waals surface area (Å²) >= 11 is 0. The second-order valence-electron chi connectivity index (χ2n) is 1.45. The molecule has 1 N–H and O–H groups in total. The van der Waals surface area contributed by atoms with E-state index >= 15 is 0 Å². The molecule has 0 amide bonds. The van der Waals surface area contributed by atoms with E-state index in [0.717, 1.165) is 13.0 Å². The topological polar surface area (TPSA) is 12.0 Å². The molecule has 0 aliphatic carbocycles. The van der Waals surface area contributed by atoms with E-state index in [1.165, 1.54) is 0 Å². The van der Waals surface area contributed by atoms with Crippen molar-refractivity contribution < 1.29 is 0 Å². The summed E-state index contributed by atoms with van der Waals surface area (Å²) in [6.07, 6.45) is 10.0. The number of hydrogen-bond donors (Lipinski definition) is 1. The summed E-state index contributed by atoms with van der Waals surface area (Å²) in [5.74, 6) is 0. The maximum absolute atomic E-state index is 2.98. The lowest BCUT2D eigenvalue weighted by Gasteiger charge is -1.87.